The molecule has 0 atom stereocenters. The van der Waals surface area contributed by atoms with Crippen molar-refractivity contribution in [1.82, 2.24) is 4.98 Å². The van der Waals surface area contributed by atoms with Gasteiger partial charge in [0.2, 0.25) is 0 Å². The van der Waals surface area contributed by atoms with E-state index in [2.05, 4.69) is 24.3 Å². The Bertz CT molecular complexity index is 1030. The lowest BCUT2D eigenvalue weighted by molar-refractivity contribution is -0.142. The molecule has 0 N–H and O–H groups in total. The third-order valence-electron chi connectivity index (χ3n) is 7.03. The summed E-state index contributed by atoms with van der Waals surface area (Å²) in [5.74, 6) is 0.705. The Morgan fingerprint density at radius 3 is 2.21 bits per heavy atom. The van der Waals surface area contributed by atoms with Crippen molar-refractivity contribution in [2.75, 3.05) is 7.11 Å². The van der Waals surface area contributed by atoms with Crippen LogP contribution < -0.4 is 4.74 Å². The number of esters is 1. The largest absolute Gasteiger partial charge is 0.487 e. The van der Waals surface area contributed by atoms with E-state index in [1.165, 1.54) is 44.8 Å². The van der Waals surface area contributed by atoms with Crippen LogP contribution in [-0.2, 0) is 21.6 Å². The Labute approximate surface area is 197 Å². The summed E-state index contributed by atoms with van der Waals surface area (Å²) in [5.41, 5.74) is 2.97. The van der Waals surface area contributed by atoms with E-state index in [0.717, 1.165) is 48.0 Å². The highest BCUT2D eigenvalue weighted by Crippen LogP contribution is 2.40. The fraction of sp³-hybridized carbons (Fsp3) is 0.448. The molecule has 2 aromatic carbocycles. The molecule has 174 valence electrons. The first-order chi connectivity index (χ1) is 16.2. The minimum atomic E-state index is -0.150. The van der Waals surface area contributed by atoms with Gasteiger partial charge in [-0.05, 0) is 42.7 Å². The molecule has 1 aliphatic carbocycles. The summed E-state index contributed by atoms with van der Waals surface area (Å²) in [6, 6.07) is 20.6. The number of hydrogen-bond acceptors (Lipinski definition) is 4. The van der Waals surface area contributed by atoms with Gasteiger partial charge in [-0.2, -0.15) is 0 Å². The van der Waals surface area contributed by atoms with Crippen LogP contribution in [0.25, 0.3) is 10.9 Å². The zero-order chi connectivity index (χ0) is 22.9. The summed E-state index contributed by atoms with van der Waals surface area (Å²) in [6.07, 6.45) is 11.2. The second kappa shape index (κ2) is 11.3. The van der Waals surface area contributed by atoms with Crippen molar-refractivity contribution in [3.05, 3.63) is 71.9 Å². The van der Waals surface area contributed by atoms with Crippen LogP contribution in [0.1, 0.15) is 75.5 Å². The fourth-order valence-electron chi connectivity index (χ4n) is 5.10. The number of rotatable bonds is 6. The predicted octanol–water partition coefficient (Wildman–Crippen LogP) is 7.14. The van der Waals surface area contributed by atoms with Crippen LogP contribution in [0, 0.1) is 0 Å². The maximum atomic E-state index is 12.4. The number of pyridine rings is 1. The van der Waals surface area contributed by atoms with E-state index in [1.807, 2.05) is 36.4 Å². The smallest absolute Gasteiger partial charge is 0.306 e. The standard InChI is InChI=1S/C29H35NO3/c1-32-28(31)21-29(19-9-5-3-2-4-6-10-20-29)24-14-17-26(18-15-24)33-22-25-16-13-23-11-7-8-12-27(23)30-25/h7-8,11-18H,2-6,9-10,19-22H2,1H3. The summed E-state index contributed by atoms with van der Waals surface area (Å²) in [6.45, 7) is 0.428. The minimum absolute atomic E-state index is 0.116. The second-order valence-electron chi connectivity index (χ2n) is 9.32. The van der Waals surface area contributed by atoms with Crippen LogP contribution in [-0.4, -0.2) is 18.1 Å². The first kappa shape index (κ1) is 23.3. The lowest BCUT2D eigenvalue weighted by Crippen LogP contribution is -2.30. The molecule has 3 aromatic rings. The van der Waals surface area contributed by atoms with Gasteiger partial charge in [-0.3, -0.25) is 4.79 Å². The Kier molecular flexibility index (Phi) is 7.98. The molecule has 4 nitrogen and oxygen atoms in total. The quantitative estimate of drug-likeness (QED) is 0.378. The van der Waals surface area contributed by atoms with E-state index in [9.17, 15) is 4.79 Å². The molecule has 0 bridgehead atoms. The number of benzene rings is 2. The normalized spacial score (nSPS) is 16.8. The number of para-hydroxylation sites is 1. The molecule has 0 saturated heterocycles. The molecule has 4 heteroatoms. The van der Waals surface area contributed by atoms with Crippen LogP contribution in [0.3, 0.4) is 0 Å². The van der Waals surface area contributed by atoms with E-state index >= 15 is 0 Å². The monoisotopic (exact) mass is 445 g/mol. The lowest BCUT2D eigenvalue weighted by Gasteiger charge is -2.34. The van der Waals surface area contributed by atoms with Gasteiger partial charge in [0.25, 0.3) is 0 Å². The van der Waals surface area contributed by atoms with E-state index < -0.39 is 0 Å². The van der Waals surface area contributed by atoms with Crippen LogP contribution in [0.15, 0.2) is 60.7 Å². The summed E-state index contributed by atoms with van der Waals surface area (Å²) >= 11 is 0. The highest BCUT2D eigenvalue weighted by atomic mass is 16.5. The number of hydrogen-bond donors (Lipinski definition) is 0. The first-order valence-corrected chi connectivity index (χ1v) is 12.3. The number of carbonyl (C=O) groups excluding carboxylic acids is 1. The van der Waals surface area contributed by atoms with Crippen molar-refractivity contribution in [3.63, 3.8) is 0 Å². The van der Waals surface area contributed by atoms with Crippen molar-refractivity contribution in [2.45, 2.75) is 76.2 Å². The van der Waals surface area contributed by atoms with Gasteiger partial charge < -0.3 is 9.47 Å². The number of ether oxygens (including phenoxy) is 2. The fourth-order valence-corrected chi connectivity index (χ4v) is 5.10. The topological polar surface area (TPSA) is 48.4 Å². The second-order valence-corrected chi connectivity index (χ2v) is 9.32. The average Bonchev–Trinajstić information content (AvgIpc) is 2.86. The van der Waals surface area contributed by atoms with Gasteiger partial charge in [0.1, 0.15) is 12.4 Å². The highest BCUT2D eigenvalue weighted by molar-refractivity contribution is 5.78. The molecular formula is C29H35NO3. The Balaban J connectivity index is 1.48. The number of aromatic nitrogens is 1. The number of fused-ring (bicyclic) bond motifs is 1. The van der Waals surface area contributed by atoms with E-state index in [-0.39, 0.29) is 11.4 Å². The van der Waals surface area contributed by atoms with Gasteiger partial charge >= 0.3 is 5.97 Å². The van der Waals surface area contributed by atoms with E-state index in [0.29, 0.717) is 13.0 Å². The van der Waals surface area contributed by atoms with Gasteiger partial charge in [0.05, 0.1) is 24.7 Å². The molecule has 0 spiro atoms. The molecule has 1 saturated carbocycles. The Morgan fingerprint density at radius 1 is 0.848 bits per heavy atom. The molecule has 4 rings (SSSR count). The van der Waals surface area contributed by atoms with Gasteiger partial charge in [0.15, 0.2) is 0 Å². The van der Waals surface area contributed by atoms with Gasteiger partial charge in [-0.15, -0.1) is 0 Å². The minimum Gasteiger partial charge on any atom is -0.487 e. The van der Waals surface area contributed by atoms with Crippen LogP contribution in [0.2, 0.25) is 0 Å². The number of methoxy groups -OCH3 is 1. The maximum absolute atomic E-state index is 12.4. The first-order valence-electron chi connectivity index (χ1n) is 12.3. The summed E-state index contributed by atoms with van der Waals surface area (Å²) in [5, 5.41) is 1.13. The van der Waals surface area contributed by atoms with Crippen molar-refractivity contribution in [3.8, 4) is 5.75 Å². The maximum Gasteiger partial charge on any atom is 0.306 e. The molecule has 33 heavy (non-hydrogen) atoms. The number of nitrogens with zero attached hydrogens (tertiary/aromatic N) is 1. The summed E-state index contributed by atoms with van der Waals surface area (Å²) in [7, 11) is 1.49. The molecule has 1 aliphatic rings. The average molecular weight is 446 g/mol. The summed E-state index contributed by atoms with van der Waals surface area (Å²) < 4.78 is 11.1. The van der Waals surface area contributed by atoms with Crippen LogP contribution in [0.5, 0.6) is 5.75 Å². The van der Waals surface area contributed by atoms with Gasteiger partial charge in [0, 0.05) is 10.8 Å². The van der Waals surface area contributed by atoms with Crippen molar-refractivity contribution in [2.24, 2.45) is 0 Å². The predicted molar refractivity (Wildman–Crippen MR) is 132 cm³/mol. The lowest BCUT2D eigenvalue weighted by atomic mass is 9.70. The third kappa shape index (κ3) is 6.13. The summed E-state index contributed by atoms with van der Waals surface area (Å²) in [4.78, 5) is 17.1. The molecule has 0 unspecified atom stereocenters. The molecule has 0 amide bonds. The molecular weight excluding hydrogens is 410 g/mol. The van der Waals surface area contributed by atoms with Crippen molar-refractivity contribution < 1.29 is 14.3 Å². The van der Waals surface area contributed by atoms with Crippen LogP contribution in [0.4, 0.5) is 0 Å². The van der Waals surface area contributed by atoms with Gasteiger partial charge in [-0.1, -0.05) is 81.3 Å². The Hall–Kier alpha value is -2.88. The SMILES string of the molecule is COC(=O)CC1(c2ccc(OCc3ccc4ccccc4n3)cc2)CCCCCCCCC1. The van der Waals surface area contributed by atoms with Gasteiger partial charge in [-0.25, -0.2) is 4.98 Å². The van der Waals surface area contributed by atoms with Crippen LogP contribution >= 0.6 is 0 Å². The zero-order valence-electron chi connectivity index (χ0n) is 19.7. The van der Waals surface area contributed by atoms with Crippen molar-refractivity contribution >= 4 is 16.9 Å². The van der Waals surface area contributed by atoms with E-state index in [1.54, 1.807) is 0 Å². The molecule has 0 aliphatic heterocycles. The highest BCUT2D eigenvalue weighted by Gasteiger charge is 2.34. The Morgan fingerprint density at radius 2 is 1.52 bits per heavy atom. The number of carbonyl (C=O) groups is 1. The van der Waals surface area contributed by atoms with E-state index in [4.69, 9.17) is 14.5 Å². The third-order valence-corrected chi connectivity index (χ3v) is 7.03. The van der Waals surface area contributed by atoms with Crippen molar-refractivity contribution in [1.29, 1.82) is 0 Å². The molecule has 0 radical (unpaired) electrons. The molecule has 1 aromatic heterocycles. The molecule has 1 fully saturated rings. The molecule has 1 heterocycles. The zero-order valence-corrected chi connectivity index (χ0v) is 19.7.